The maximum Gasteiger partial charge on any atom is 0.317 e. The summed E-state index contributed by atoms with van der Waals surface area (Å²) < 4.78 is 0. The van der Waals surface area contributed by atoms with Crippen LogP contribution in [-0.4, -0.2) is 42.1 Å². The van der Waals surface area contributed by atoms with E-state index in [2.05, 4.69) is 19.2 Å². The third-order valence-corrected chi connectivity index (χ3v) is 3.15. The van der Waals surface area contributed by atoms with Crippen LogP contribution in [0.15, 0.2) is 0 Å². The summed E-state index contributed by atoms with van der Waals surface area (Å²) in [6.07, 6.45) is 2.67. The van der Waals surface area contributed by atoms with Crippen LogP contribution in [0.4, 0.5) is 4.79 Å². The molecule has 2 N–H and O–H groups in total. The Bertz CT molecular complexity index is 280. The fourth-order valence-corrected chi connectivity index (χ4v) is 1.63. The number of urea groups is 1. The molecule has 0 fully saturated rings. The van der Waals surface area contributed by atoms with Crippen LogP contribution in [0.1, 0.15) is 46.5 Å². The number of aliphatic carboxylic acids is 1. The van der Waals surface area contributed by atoms with Crippen LogP contribution >= 0.6 is 0 Å². The fraction of sp³-hybridized carbons (Fsp3) is 0.857. The summed E-state index contributed by atoms with van der Waals surface area (Å²) in [5, 5.41) is 11.4. The smallest absolute Gasteiger partial charge is 0.317 e. The first-order chi connectivity index (χ1) is 8.82. The van der Waals surface area contributed by atoms with Crippen molar-refractivity contribution < 1.29 is 14.7 Å². The van der Waals surface area contributed by atoms with Crippen molar-refractivity contribution >= 4 is 12.0 Å². The van der Waals surface area contributed by atoms with E-state index in [1.54, 1.807) is 11.9 Å². The molecule has 0 aromatic carbocycles. The predicted octanol–water partition coefficient (Wildman–Crippen LogP) is 2.56. The summed E-state index contributed by atoms with van der Waals surface area (Å²) in [5.41, 5.74) is 0. The molecule has 0 aliphatic carbocycles. The second-order valence-corrected chi connectivity index (χ2v) is 5.66. The number of carboxylic acid groups (broad SMARTS) is 1. The van der Waals surface area contributed by atoms with Crippen LogP contribution in [0.25, 0.3) is 0 Å². The minimum absolute atomic E-state index is 0.0499. The lowest BCUT2D eigenvalue weighted by molar-refractivity contribution is -0.137. The number of carboxylic acids is 1. The van der Waals surface area contributed by atoms with Crippen LogP contribution in [0.3, 0.4) is 0 Å². The molecule has 2 amide bonds. The second-order valence-electron chi connectivity index (χ2n) is 5.66. The van der Waals surface area contributed by atoms with Crippen molar-refractivity contribution in [2.45, 2.75) is 46.5 Å². The zero-order chi connectivity index (χ0) is 14.8. The number of nitrogens with zero attached hydrogens (tertiary/aromatic N) is 1. The van der Waals surface area contributed by atoms with E-state index in [1.165, 1.54) is 0 Å². The van der Waals surface area contributed by atoms with E-state index in [0.29, 0.717) is 24.8 Å². The number of carbonyl (C=O) groups excluding carboxylic acids is 1. The molecule has 0 bridgehead atoms. The molecule has 0 aliphatic heterocycles. The minimum atomic E-state index is -0.760. The first-order valence-electron chi connectivity index (χ1n) is 7.03. The average Bonchev–Trinajstić information content (AvgIpc) is 2.33. The zero-order valence-electron chi connectivity index (χ0n) is 12.6. The van der Waals surface area contributed by atoms with Gasteiger partial charge in [0, 0.05) is 26.6 Å². The van der Waals surface area contributed by atoms with Crippen LogP contribution < -0.4 is 5.32 Å². The molecular formula is C14H28N2O3. The van der Waals surface area contributed by atoms with Gasteiger partial charge in [0.1, 0.15) is 0 Å². The van der Waals surface area contributed by atoms with Gasteiger partial charge in [-0.1, -0.05) is 20.8 Å². The summed E-state index contributed by atoms with van der Waals surface area (Å²) in [4.78, 5) is 23.8. The van der Waals surface area contributed by atoms with Gasteiger partial charge >= 0.3 is 12.0 Å². The molecule has 0 aromatic rings. The molecule has 0 aliphatic rings. The van der Waals surface area contributed by atoms with Gasteiger partial charge in [-0.25, -0.2) is 4.79 Å². The molecule has 0 spiro atoms. The van der Waals surface area contributed by atoms with E-state index >= 15 is 0 Å². The minimum Gasteiger partial charge on any atom is -0.481 e. The highest BCUT2D eigenvalue weighted by atomic mass is 16.4. The monoisotopic (exact) mass is 272 g/mol. The predicted molar refractivity (Wildman–Crippen MR) is 76.1 cm³/mol. The van der Waals surface area contributed by atoms with Crippen molar-refractivity contribution in [3.05, 3.63) is 0 Å². The Morgan fingerprint density at radius 1 is 1.16 bits per heavy atom. The Balaban J connectivity index is 3.69. The molecule has 1 unspecified atom stereocenters. The number of hydrogen-bond acceptors (Lipinski definition) is 2. The van der Waals surface area contributed by atoms with Crippen molar-refractivity contribution in [1.82, 2.24) is 10.2 Å². The Hall–Kier alpha value is -1.26. The van der Waals surface area contributed by atoms with Crippen molar-refractivity contribution in [3.8, 4) is 0 Å². The van der Waals surface area contributed by atoms with Gasteiger partial charge in [-0.2, -0.15) is 0 Å². The van der Waals surface area contributed by atoms with Gasteiger partial charge in [0.2, 0.25) is 0 Å². The van der Waals surface area contributed by atoms with Gasteiger partial charge in [-0.15, -0.1) is 0 Å². The van der Waals surface area contributed by atoms with E-state index < -0.39 is 5.97 Å². The average molecular weight is 272 g/mol. The Morgan fingerprint density at radius 3 is 2.32 bits per heavy atom. The van der Waals surface area contributed by atoms with E-state index in [9.17, 15) is 9.59 Å². The molecule has 0 saturated carbocycles. The lowest BCUT2D eigenvalue weighted by Gasteiger charge is -2.19. The van der Waals surface area contributed by atoms with Crippen molar-refractivity contribution in [2.75, 3.05) is 20.1 Å². The van der Waals surface area contributed by atoms with Gasteiger partial charge in [-0.05, 0) is 31.1 Å². The highest BCUT2D eigenvalue weighted by Crippen LogP contribution is 2.09. The molecule has 5 heteroatoms. The van der Waals surface area contributed by atoms with E-state index in [4.69, 9.17) is 5.11 Å². The number of carbonyl (C=O) groups is 2. The lowest BCUT2D eigenvalue weighted by atomic mass is 10.0. The van der Waals surface area contributed by atoms with Crippen molar-refractivity contribution in [2.24, 2.45) is 11.8 Å². The maximum absolute atomic E-state index is 11.7. The SMILES string of the molecule is CC(C)CCN(C)C(=O)NCCC(C)CCC(=O)O. The topological polar surface area (TPSA) is 69.6 Å². The van der Waals surface area contributed by atoms with Gasteiger partial charge in [0.05, 0.1) is 0 Å². The van der Waals surface area contributed by atoms with Crippen LogP contribution in [0.2, 0.25) is 0 Å². The van der Waals surface area contributed by atoms with Crippen LogP contribution in [0.5, 0.6) is 0 Å². The standard InChI is InChI=1S/C14H28N2O3/c1-11(2)8-10-16(4)14(19)15-9-7-12(3)5-6-13(17)18/h11-12H,5-10H2,1-4H3,(H,15,19)(H,17,18). The summed E-state index contributed by atoms with van der Waals surface area (Å²) in [6.45, 7) is 7.65. The highest BCUT2D eigenvalue weighted by molar-refractivity contribution is 5.73. The van der Waals surface area contributed by atoms with Gasteiger partial charge < -0.3 is 15.3 Å². The molecular weight excluding hydrogens is 244 g/mol. The van der Waals surface area contributed by atoms with E-state index in [-0.39, 0.29) is 12.5 Å². The van der Waals surface area contributed by atoms with Gasteiger partial charge in [0.15, 0.2) is 0 Å². The highest BCUT2D eigenvalue weighted by Gasteiger charge is 2.10. The zero-order valence-corrected chi connectivity index (χ0v) is 12.6. The summed E-state index contributed by atoms with van der Waals surface area (Å²) in [6, 6.07) is -0.0499. The van der Waals surface area contributed by atoms with E-state index in [0.717, 1.165) is 19.4 Å². The summed E-state index contributed by atoms with van der Waals surface area (Å²) in [7, 11) is 1.80. The Kier molecular flexibility index (Phi) is 9.00. The quantitative estimate of drug-likeness (QED) is 0.677. The maximum atomic E-state index is 11.7. The van der Waals surface area contributed by atoms with Crippen LogP contribution in [-0.2, 0) is 4.79 Å². The van der Waals surface area contributed by atoms with Gasteiger partial charge in [0.25, 0.3) is 0 Å². The second kappa shape index (κ2) is 9.64. The molecule has 5 nitrogen and oxygen atoms in total. The molecule has 19 heavy (non-hydrogen) atoms. The molecule has 0 saturated heterocycles. The van der Waals surface area contributed by atoms with Crippen molar-refractivity contribution in [3.63, 3.8) is 0 Å². The normalized spacial score (nSPS) is 12.3. The summed E-state index contributed by atoms with van der Waals surface area (Å²) >= 11 is 0. The molecule has 112 valence electrons. The van der Waals surface area contributed by atoms with Gasteiger partial charge in [-0.3, -0.25) is 4.79 Å². The van der Waals surface area contributed by atoms with Crippen LogP contribution in [0, 0.1) is 11.8 Å². The number of nitrogens with one attached hydrogen (secondary N) is 1. The first kappa shape index (κ1) is 17.7. The summed E-state index contributed by atoms with van der Waals surface area (Å²) in [5.74, 6) is 0.146. The molecule has 1 atom stereocenters. The molecule has 0 heterocycles. The van der Waals surface area contributed by atoms with E-state index in [1.807, 2.05) is 6.92 Å². The Morgan fingerprint density at radius 2 is 1.79 bits per heavy atom. The molecule has 0 aromatic heterocycles. The third kappa shape index (κ3) is 10.4. The first-order valence-corrected chi connectivity index (χ1v) is 7.03. The number of rotatable bonds is 9. The third-order valence-electron chi connectivity index (χ3n) is 3.15. The van der Waals surface area contributed by atoms with Crippen molar-refractivity contribution in [1.29, 1.82) is 0 Å². The molecule has 0 radical (unpaired) electrons. The fourth-order valence-electron chi connectivity index (χ4n) is 1.63. The largest absolute Gasteiger partial charge is 0.481 e. The number of amides is 2. The number of hydrogen-bond donors (Lipinski definition) is 2. The lowest BCUT2D eigenvalue weighted by Crippen LogP contribution is -2.38. The Labute approximate surface area is 116 Å². The molecule has 0 rings (SSSR count).